The van der Waals surface area contributed by atoms with Gasteiger partial charge in [-0.2, -0.15) is 8.78 Å². The SMILES string of the molecule is Cc1sc(C(NC(=O)OCCn2c([N+](=O)[O-])cnc2C)C(F)(F)Cl)nc1-c1ccc(OC(F)(F)F)cc1. The van der Waals surface area contributed by atoms with E-state index in [1.165, 1.54) is 23.6 Å². The number of amides is 1. The first kappa shape index (κ1) is 28.0. The normalized spacial score (nSPS) is 12.8. The van der Waals surface area contributed by atoms with Gasteiger partial charge in [-0.05, 0) is 47.7 Å². The topological polar surface area (TPSA) is 121 Å². The van der Waals surface area contributed by atoms with Crippen molar-refractivity contribution in [2.24, 2.45) is 0 Å². The minimum absolute atomic E-state index is 0.161. The van der Waals surface area contributed by atoms with Gasteiger partial charge in [0.15, 0.2) is 11.9 Å². The summed E-state index contributed by atoms with van der Waals surface area (Å²) < 4.78 is 75.3. The molecule has 0 radical (unpaired) electrons. The molecule has 1 amide bonds. The van der Waals surface area contributed by atoms with Crippen LogP contribution in [0.15, 0.2) is 30.5 Å². The third kappa shape index (κ3) is 7.25. The summed E-state index contributed by atoms with van der Waals surface area (Å²) in [4.78, 5) is 30.9. The average molecular weight is 570 g/mol. The molecule has 200 valence electrons. The molecule has 3 aromatic rings. The number of carbonyl (C=O) groups is 1. The van der Waals surface area contributed by atoms with Crippen molar-refractivity contribution in [3.63, 3.8) is 0 Å². The molecule has 3 rings (SSSR count). The largest absolute Gasteiger partial charge is 0.573 e. The Hall–Kier alpha value is -3.53. The Morgan fingerprint density at radius 1 is 1.24 bits per heavy atom. The zero-order valence-corrected chi connectivity index (χ0v) is 20.5. The van der Waals surface area contributed by atoms with Gasteiger partial charge in [0.1, 0.15) is 30.1 Å². The second kappa shape index (κ2) is 10.8. The van der Waals surface area contributed by atoms with Crippen molar-refractivity contribution in [3.05, 3.63) is 56.3 Å². The van der Waals surface area contributed by atoms with Gasteiger partial charge in [0, 0.05) is 17.4 Å². The fourth-order valence-corrected chi connectivity index (χ4v) is 4.43. The number of alkyl carbamates (subject to hydrolysis) is 1. The van der Waals surface area contributed by atoms with Crippen molar-refractivity contribution in [2.45, 2.75) is 38.2 Å². The number of halogens is 6. The summed E-state index contributed by atoms with van der Waals surface area (Å²) in [6.07, 6.45) is -5.13. The predicted molar refractivity (Wildman–Crippen MR) is 121 cm³/mol. The van der Waals surface area contributed by atoms with E-state index < -0.39 is 41.2 Å². The number of nitro groups is 1. The van der Waals surface area contributed by atoms with Crippen LogP contribution in [0.5, 0.6) is 5.75 Å². The molecule has 0 fully saturated rings. The molecule has 17 heteroatoms. The number of hydrogen-bond acceptors (Lipinski definition) is 8. The quantitative estimate of drug-likeness (QED) is 0.151. The van der Waals surface area contributed by atoms with E-state index in [4.69, 9.17) is 16.3 Å². The van der Waals surface area contributed by atoms with Crippen LogP contribution in [0, 0.1) is 24.0 Å². The summed E-state index contributed by atoms with van der Waals surface area (Å²) in [6, 6.07) is 2.49. The van der Waals surface area contributed by atoms with Crippen LogP contribution >= 0.6 is 22.9 Å². The Balaban J connectivity index is 1.71. The van der Waals surface area contributed by atoms with E-state index in [1.807, 2.05) is 5.32 Å². The van der Waals surface area contributed by atoms with Crippen molar-refractivity contribution in [2.75, 3.05) is 6.61 Å². The molecule has 1 unspecified atom stereocenters. The standard InChI is InChI=1S/C20H17ClF5N5O5S/c1-10-15(12-3-5-13(6-4-12)36-20(24,25)26)28-17(37-10)16(19(21,22)23)29-18(32)35-8-7-30-11(2)27-9-14(30)31(33)34/h3-6,9,16H,7-8H2,1-2H3,(H,29,32). The smallest absolute Gasteiger partial charge is 0.445 e. The molecular weight excluding hydrogens is 553 g/mol. The Bertz CT molecular complexity index is 1280. The number of hydrogen-bond donors (Lipinski definition) is 1. The molecule has 1 aromatic carbocycles. The summed E-state index contributed by atoms with van der Waals surface area (Å²) in [5, 5.41) is 8.67. The van der Waals surface area contributed by atoms with Crippen LogP contribution in [0.1, 0.15) is 21.8 Å². The predicted octanol–water partition coefficient (Wildman–Crippen LogP) is 5.73. The third-order valence-electron chi connectivity index (χ3n) is 4.78. The number of ether oxygens (including phenoxy) is 2. The monoisotopic (exact) mass is 569 g/mol. The van der Waals surface area contributed by atoms with Crippen LogP contribution in [-0.4, -0.2) is 43.9 Å². The zero-order chi connectivity index (χ0) is 27.5. The van der Waals surface area contributed by atoms with Crippen molar-refractivity contribution in [1.29, 1.82) is 0 Å². The minimum Gasteiger partial charge on any atom is -0.445 e. The molecule has 1 N–H and O–H groups in total. The Kier molecular flexibility index (Phi) is 8.22. The van der Waals surface area contributed by atoms with Gasteiger partial charge in [0.05, 0.1) is 5.69 Å². The minimum atomic E-state index is -4.88. The molecule has 0 saturated heterocycles. The van der Waals surface area contributed by atoms with E-state index in [0.717, 1.165) is 29.7 Å². The number of rotatable bonds is 9. The fourth-order valence-electron chi connectivity index (χ4n) is 3.17. The van der Waals surface area contributed by atoms with Crippen LogP contribution in [0.25, 0.3) is 11.3 Å². The van der Waals surface area contributed by atoms with Crippen molar-refractivity contribution in [1.82, 2.24) is 19.9 Å². The van der Waals surface area contributed by atoms with E-state index in [-0.39, 0.29) is 28.9 Å². The van der Waals surface area contributed by atoms with E-state index in [9.17, 15) is 36.9 Å². The summed E-state index contributed by atoms with van der Waals surface area (Å²) in [5.41, 5.74) is 0.494. The van der Waals surface area contributed by atoms with Crippen LogP contribution in [0.3, 0.4) is 0 Å². The third-order valence-corrected chi connectivity index (χ3v) is 6.03. The summed E-state index contributed by atoms with van der Waals surface area (Å²) >= 11 is 6.00. The molecule has 37 heavy (non-hydrogen) atoms. The van der Waals surface area contributed by atoms with Gasteiger partial charge in [-0.1, -0.05) is 0 Å². The fraction of sp³-hybridized carbons (Fsp3) is 0.350. The highest BCUT2D eigenvalue weighted by molar-refractivity contribution is 7.12. The van der Waals surface area contributed by atoms with Crippen molar-refractivity contribution >= 4 is 34.8 Å². The molecular formula is C20H17ClF5N5O5S. The van der Waals surface area contributed by atoms with Gasteiger partial charge in [-0.15, -0.1) is 24.5 Å². The zero-order valence-electron chi connectivity index (χ0n) is 18.9. The second-order valence-corrected chi connectivity index (χ2v) is 9.10. The van der Waals surface area contributed by atoms with Gasteiger partial charge >= 0.3 is 23.7 Å². The second-order valence-electron chi connectivity index (χ2n) is 7.36. The number of thiazole rings is 1. The highest BCUT2D eigenvalue weighted by Gasteiger charge is 2.42. The van der Waals surface area contributed by atoms with Gasteiger partial charge in [0.25, 0.3) is 0 Å². The maximum Gasteiger partial charge on any atom is 0.573 e. The molecule has 2 aromatic heterocycles. The number of aryl methyl sites for hydroxylation is 2. The molecule has 0 saturated carbocycles. The molecule has 1 atom stereocenters. The first-order valence-corrected chi connectivity index (χ1v) is 11.3. The van der Waals surface area contributed by atoms with Gasteiger partial charge < -0.3 is 24.9 Å². The number of carbonyl (C=O) groups excluding carboxylic acids is 1. The molecule has 0 spiro atoms. The Morgan fingerprint density at radius 3 is 2.46 bits per heavy atom. The highest BCUT2D eigenvalue weighted by atomic mass is 35.5. The lowest BCUT2D eigenvalue weighted by Gasteiger charge is -2.20. The molecule has 0 bridgehead atoms. The number of nitrogens with one attached hydrogen (secondary N) is 1. The van der Waals surface area contributed by atoms with Gasteiger partial charge in [-0.25, -0.2) is 19.3 Å². The van der Waals surface area contributed by atoms with Gasteiger partial charge in [-0.3, -0.25) is 0 Å². The van der Waals surface area contributed by atoms with E-state index in [2.05, 4.69) is 14.7 Å². The number of aromatic nitrogens is 3. The van der Waals surface area contributed by atoms with E-state index in [0.29, 0.717) is 10.4 Å². The van der Waals surface area contributed by atoms with Crippen LogP contribution < -0.4 is 10.1 Å². The summed E-state index contributed by atoms with van der Waals surface area (Å²) in [6.45, 7) is 2.47. The number of benzene rings is 1. The lowest BCUT2D eigenvalue weighted by atomic mass is 10.1. The van der Waals surface area contributed by atoms with Gasteiger partial charge in [0.2, 0.25) is 0 Å². The van der Waals surface area contributed by atoms with E-state index in [1.54, 1.807) is 6.92 Å². The van der Waals surface area contributed by atoms with Crippen LogP contribution in [-0.2, 0) is 11.3 Å². The number of imidazole rings is 1. The molecule has 0 aliphatic carbocycles. The van der Waals surface area contributed by atoms with Crippen LogP contribution in [0.4, 0.5) is 32.6 Å². The molecule has 0 aliphatic rings. The average Bonchev–Trinajstić information content (AvgIpc) is 3.33. The summed E-state index contributed by atoms with van der Waals surface area (Å²) in [7, 11) is 0. The molecule has 10 nitrogen and oxygen atoms in total. The Labute approximate surface area is 214 Å². The number of alkyl halides is 6. The first-order valence-electron chi connectivity index (χ1n) is 10.2. The molecule has 0 aliphatic heterocycles. The maximum atomic E-state index is 14.2. The highest BCUT2D eigenvalue weighted by Crippen LogP contribution is 2.40. The molecule has 2 heterocycles. The van der Waals surface area contributed by atoms with Crippen molar-refractivity contribution in [3.8, 4) is 17.0 Å². The van der Waals surface area contributed by atoms with Crippen molar-refractivity contribution < 1.29 is 41.1 Å². The maximum absolute atomic E-state index is 14.2. The Morgan fingerprint density at radius 2 is 1.89 bits per heavy atom. The lowest BCUT2D eigenvalue weighted by Crippen LogP contribution is -2.38. The van der Waals surface area contributed by atoms with E-state index >= 15 is 0 Å². The first-order chi connectivity index (χ1) is 17.2. The number of nitrogens with zero attached hydrogens (tertiary/aromatic N) is 4. The lowest BCUT2D eigenvalue weighted by molar-refractivity contribution is -0.392. The summed E-state index contributed by atoms with van der Waals surface area (Å²) in [5.74, 6) is -0.532. The van der Waals surface area contributed by atoms with Crippen LogP contribution in [0.2, 0.25) is 0 Å².